The molecule has 2 aromatic carbocycles. The van der Waals surface area contributed by atoms with Crippen LogP contribution in [0.1, 0.15) is 23.2 Å². The first-order chi connectivity index (χ1) is 14.3. The minimum Gasteiger partial charge on any atom is -0.376 e. The SMILES string of the molecule is Cn1c(=O)sc2cc(S(=O)(=O)Nc3ccccc3C(=O)NC[C@@H]3CCCO3)ccc21. The molecule has 0 bridgehead atoms. The number of hydrogen-bond donors (Lipinski definition) is 2. The molecule has 1 atom stereocenters. The zero-order chi connectivity index (χ0) is 21.3. The van der Waals surface area contributed by atoms with Gasteiger partial charge in [0.15, 0.2) is 0 Å². The lowest BCUT2D eigenvalue weighted by Crippen LogP contribution is -2.32. The fourth-order valence-corrected chi connectivity index (χ4v) is 5.46. The first-order valence-electron chi connectivity index (χ1n) is 9.46. The lowest BCUT2D eigenvalue weighted by Gasteiger charge is -2.14. The van der Waals surface area contributed by atoms with Gasteiger partial charge >= 0.3 is 4.87 Å². The van der Waals surface area contributed by atoms with E-state index in [0.29, 0.717) is 23.4 Å². The number of thiazole rings is 1. The van der Waals surface area contributed by atoms with Crippen LogP contribution in [0.3, 0.4) is 0 Å². The van der Waals surface area contributed by atoms with E-state index in [2.05, 4.69) is 10.0 Å². The fourth-order valence-electron chi connectivity index (χ4n) is 3.36. The van der Waals surface area contributed by atoms with Crippen molar-refractivity contribution in [2.24, 2.45) is 7.05 Å². The molecule has 1 aliphatic rings. The van der Waals surface area contributed by atoms with Crippen molar-refractivity contribution >= 4 is 43.2 Å². The molecule has 4 rings (SSSR count). The van der Waals surface area contributed by atoms with Gasteiger partial charge in [0.2, 0.25) is 0 Å². The Labute approximate surface area is 177 Å². The second kappa shape index (κ2) is 8.21. The highest BCUT2D eigenvalue weighted by Crippen LogP contribution is 2.24. The topological polar surface area (TPSA) is 107 Å². The van der Waals surface area contributed by atoms with Crippen molar-refractivity contribution in [3.05, 3.63) is 57.7 Å². The number of fused-ring (bicyclic) bond motifs is 1. The van der Waals surface area contributed by atoms with Crippen LogP contribution in [-0.2, 0) is 21.8 Å². The van der Waals surface area contributed by atoms with Crippen LogP contribution >= 0.6 is 11.3 Å². The molecule has 2 heterocycles. The molecule has 0 radical (unpaired) electrons. The maximum Gasteiger partial charge on any atom is 0.307 e. The van der Waals surface area contributed by atoms with Gasteiger partial charge in [0, 0.05) is 20.2 Å². The number of ether oxygens (including phenoxy) is 1. The Kier molecular flexibility index (Phi) is 5.63. The summed E-state index contributed by atoms with van der Waals surface area (Å²) in [7, 11) is -2.32. The number of carbonyl (C=O) groups is 1. The predicted octanol–water partition coefficient (Wildman–Crippen LogP) is 2.31. The van der Waals surface area contributed by atoms with Crippen LogP contribution in [0.25, 0.3) is 10.2 Å². The van der Waals surface area contributed by atoms with Crippen LogP contribution in [0.4, 0.5) is 5.69 Å². The van der Waals surface area contributed by atoms with E-state index in [9.17, 15) is 18.0 Å². The van der Waals surface area contributed by atoms with Crippen molar-refractivity contribution in [3.8, 4) is 0 Å². The number of rotatable bonds is 6. The summed E-state index contributed by atoms with van der Waals surface area (Å²) < 4.78 is 35.9. The second-order valence-corrected chi connectivity index (χ2v) is 9.73. The standard InChI is InChI=1S/C20H21N3O5S2/c1-23-17-9-8-14(11-18(17)29-20(23)25)30(26,27)22-16-7-3-2-6-15(16)19(24)21-12-13-5-4-10-28-13/h2-3,6-9,11,13,22H,4-5,10,12H2,1H3,(H,21,24)/t13-/m0/s1. The molecule has 3 aromatic rings. The Morgan fingerprint density at radius 2 is 2.07 bits per heavy atom. The van der Waals surface area contributed by atoms with Gasteiger partial charge in [-0.3, -0.25) is 14.3 Å². The molecule has 1 aliphatic heterocycles. The lowest BCUT2D eigenvalue weighted by atomic mass is 10.1. The van der Waals surface area contributed by atoms with E-state index >= 15 is 0 Å². The highest BCUT2D eigenvalue weighted by Gasteiger charge is 2.21. The summed E-state index contributed by atoms with van der Waals surface area (Å²) in [5.41, 5.74) is 1.08. The Hall–Kier alpha value is -2.69. The normalized spacial score (nSPS) is 16.6. The maximum atomic E-state index is 12.9. The second-order valence-electron chi connectivity index (χ2n) is 7.05. The number of benzene rings is 2. The number of hydrogen-bond acceptors (Lipinski definition) is 6. The van der Waals surface area contributed by atoms with E-state index < -0.39 is 10.0 Å². The van der Waals surface area contributed by atoms with Crippen LogP contribution in [0, 0.1) is 0 Å². The highest BCUT2D eigenvalue weighted by atomic mass is 32.2. The summed E-state index contributed by atoms with van der Waals surface area (Å²) in [5.74, 6) is -0.375. The average Bonchev–Trinajstić information content (AvgIpc) is 3.34. The molecule has 8 nitrogen and oxygen atoms in total. The number of nitrogens with zero attached hydrogens (tertiary/aromatic N) is 1. The van der Waals surface area contributed by atoms with E-state index in [4.69, 9.17) is 4.74 Å². The quantitative estimate of drug-likeness (QED) is 0.603. The van der Waals surface area contributed by atoms with E-state index in [1.807, 2.05) is 0 Å². The van der Waals surface area contributed by atoms with E-state index in [-0.39, 0.29) is 33.0 Å². The smallest absolute Gasteiger partial charge is 0.307 e. The van der Waals surface area contributed by atoms with Crippen molar-refractivity contribution < 1.29 is 17.9 Å². The summed E-state index contributed by atoms with van der Waals surface area (Å²) in [6.45, 7) is 1.07. The van der Waals surface area contributed by atoms with Crippen LogP contribution in [-0.4, -0.2) is 38.1 Å². The molecule has 1 saturated heterocycles. The van der Waals surface area contributed by atoms with Gasteiger partial charge < -0.3 is 14.6 Å². The minimum absolute atomic E-state index is 0.0115. The van der Waals surface area contributed by atoms with Crippen molar-refractivity contribution in [2.45, 2.75) is 23.8 Å². The molecule has 0 unspecified atom stereocenters. The van der Waals surface area contributed by atoms with Gasteiger partial charge in [0.1, 0.15) is 0 Å². The zero-order valence-corrected chi connectivity index (χ0v) is 17.9. The summed E-state index contributed by atoms with van der Waals surface area (Å²) in [5, 5.41) is 2.81. The van der Waals surface area contributed by atoms with Crippen molar-refractivity contribution in [2.75, 3.05) is 17.9 Å². The summed E-state index contributed by atoms with van der Waals surface area (Å²) in [6.07, 6.45) is 1.85. The van der Waals surface area contributed by atoms with Gasteiger partial charge in [0.25, 0.3) is 15.9 Å². The molecule has 10 heteroatoms. The Morgan fingerprint density at radius 1 is 1.27 bits per heavy atom. The lowest BCUT2D eigenvalue weighted by molar-refractivity contribution is 0.0858. The molecule has 30 heavy (non-hydrogen) atoms. The zero-order valence-electron chi connectivity index (χ0n) is 16.3. The third-order valence-corrected chi connectivity index (χ3v) is 7.36. The number of nitrogens with one attached hydrogen (secondary N) is 2. The monoisotopic (exact) mass is 447 g/mol. The number of para-hydroxylation sites is 1. The molecule has 1 aromatic heterocycles. The van der Waals surface area contributed by atoms with Gasteiger partial charge in [-0.2, -0.15) is 0 Å². The first-order valence-corrected chi connectivity index (χ1v) is 11.8. The third-order valence-electron chi connectivity index (χ3n) is 5.00. The van der Waals surface area contributed by atoms with Crippen LogP contribution in [0.2, 0.25) is 0 Å². The number of aryl methyl sites for hydroxylation is 1. The minimum atomic E-state index is -3.95. The Morgan fingerprint density at radius 3 is 2.83 bits per heavy atom. The van der Waals surface area contributed by atoms with E-state index in [0.717, 1.165) is 24.2 Å². The summed E-state index contributed by atoms with van der Waals surface area (Å²) in [6, 6.07) is 10.9. The fraction of sp³-hybridized carbons (Fsp3) is 0.300. The molecule has 158 valence electrons. The van der Waals surface area contributed by atoms with Crippen molar-refractivity contribution in [1.82, 2.24) is 9.88 Å². The highest BCUT2D eigenvalue weighted by molar-refractivity contribution is 7.92. The molecular formula is C20H21N3O5S2. The van der Waals surface area contributed by atoms with Gasteiger partial charge in [0.05, 0.1) is 32.5 Å². The molecule has 2 N–H and O–H groups in total. The molecular weight excluding hydrogens is 426 g/mol. The average molecular weight is 448 g/mol. The largest absolute Gasteiger partial charge is 0.376 e. The summed E-state index contributed by atoms with van der Waals surface area (Å²) in [4.78, 5) is 24.3. The van der Waals surface area contributed by atoms with Crippen LogP contribution in [0.15, 0.2) is 52.2 Å². The summed E-state index contributed by atoms with van der Waals surface area (Å²) >= 11 is 0.981. The van der Waals surface area contributed by atoms with Crippen molar-refractivity contribution in [1.29, 1.82) is 0 Å². The predicted molar refractivity (Wildman–Crippen MR) is 116 cm³/mol. The first kappa shape index (κ1) is 20.6. The number of anilines is 1. The number of aromatic nitrogens is 1. The number of amides is 1. The molecule has 1 amide bonds. The number of sulfonamides is 1. The Balaban J connectivity index is 1.57. The molecule has 1 fully saturated rings. The van der Waals surface area contributed by atoms with Crippen LogP contribution < -0.4 is 14.9 Å². The van der Waals surface area contributed by atoms with Crippen LogP contribution in [0.5, 0.6) is 0 Å². The molecule has 0 spiro atoms. The molecule has 0 aliphatic carbocycles. The van der Waals surface area contributed by atoms with Gasteiger partial charge in [-0.1, -0.05) is 23.5 Å². The molecule has 0 saturated carbocycles. The van der Waals surface area contributed by atoms with Crippen molar-refractivity contribution in [3.63, 3.8) is 0 Å². The van der Waals surface area contributed by atoms with E-state index in [1.165, 1.54) is 22.8 Å². The van der Waals surface area contributed by atoms with E-state index in [1.54, 1.807) is 31.3 Å². The third kappa shape index (κ3) is 4.11. The Bertz CT molecular complexity index is 1260. The number of carbonyl (C=O) groups excluding carboxylic acids is 1. The van der Waals surface area contributed by atoms with Gasteiger partial charge in [-0.25, -0.2) is 8.42 Å². The maximum absolute atomic E-state index is 12.9. The van der Waals surface area contributed by atoms with Gasteiger partial charge in [-0.15, -0.1) is 0 Å². The van der Waals surface area contributed by atoms with Gasteiger partial charge in [-0.05, 0) is 43.2 Å².